The standard InChI is InChI=1S/C21H21N3O2/c1-14(2)18-8-3-4-9-19(18)24-13-16(11-20(24)25)21(26)23-17-7-5-6-15(10-17)12-22/h3-10,14,16H,11,13H2,1-2H3,(H,23,26). The molecule has 1 saturated heterocycles. The lowest BCUT2D eigenvalue weighted by Gasteiger charge is -2.22. The Morgan fingerprint density at radius 3 is 2.73 bits per heavy atom. The molecule has 1 heterocycles. The molecule has 1 atom stereocenters. The van der Waals surface area contributed by atoms with E-state index in [0.29, 0.717) is 23.7 Å². The van der Waals surface area contributed by atoms with Crippen molar-refractivity contribution in [3.63, 3.8) is 0 Å². The number of amides is 2. The van der Waals surface area contributed by atoms with Gasteiger partial charge in [-0.25, -0.2) is 0 Å². The Kier molecular flexibility index (Phi) is 5.04. The van der Waals surface area contributed by atoms with Crippen LogP contribution in [0.1, 0.15) is 37.3 Å². The van der Waals surface area contributed by atoms with Crippen LogP contribution in [0.25, 0.3) is 0 Å². The van der Waals surface area contributed by atoms with Crippen LogP contribution in [0.3, 0.4) is 0 Å². The molecule has 0 radical (unpaired) electrons. The second-order valence-corrected chi connectivity index (χ2v) is 6.80. The summed E-state index contributed by atoms with van der Waals surface area (Å²) in [4.78, 5) is 26.8. The molecule has 0 saturated carbocycles. The van der Waals surface area contributed by atoms with Gasteiger partial charge in [0.1, 0.15) is 0 Å². The molecule has 2 aromatic rings. The highest BCUT2D eigenvalue weighted by molar-refractivity contribution is 6.03. The van der Waals surface area contributed by atoms with Crippen LogP contribution in [0.5, 0.6) is 0 Å². The highest BCUT2D eigenvalue weighted by Crippen LogP contribution is 2.32. The molecule has 0 spiro atoms. The first-order chi connectivity index (χ1) is 12.5. The number of hydrogen-bond donors (Lipinski definition) is 1. The predicted octanol–water partition coefficient (Wildman–Crippen LogP) is 3.67. The first-order valence-electron chi connectivity index (χ1n) is 8.70. The summed E-state index contributed by atoms with van der Waals surface area (Å²) in [5, 5.41) is 11.8. The van der Waals surface area contributed by atoms with Gasteiger partial charge in [-0.15, -0.1) is 0 Å². The van der Waals surface area contributed by atoms with Crippen LogP contribution in [-0.4, -0.2) is 18.4 Å². The Hall–Kier alpha value is -3.13. The summed E-state index contributed by atoms with van der Waals surface area (Å²) in [6.07, 6.45) is 0.191. The maximum absolute atomic E-state index is 12.6. The van der Waals surface area contributed by atoms with Gasteiger partial charge in [0, 0.05) is 24.3 Å². The molecule has 132 valence electrons. The number of hydrogen-bond acceptors (Lipinski definition) is 3. The number of benzene rings is 2. The molecule has 0 bridgehead atoms. The Bertz CT molecular complexity index is 883. The fourth-order valence-electron chi connectivity index (χ4n) is 3.25. The lowest BCUT2D eigenvalue weighted by Crippen LogP contribution is -2.29. The van der Waals surface area contributed by atoms with Gasteiger partial charge in [0.05, 0.1) is 17.6 Å². The van der Waals surface area contributed by atoms with E-state index in [1.54, 1.807) is 29.2 Å². The second kappa shape index (κ2) is 7.40. The lowest BCUT2D eigenvalue weighted by molar-refractivity contribution is -0.122. The highest BCUT2D eigenvalue weighted by Gasteiger charge is 2.36. The largest absolute Gasteiger partial charge is 0.326 e. The average Bonchev–Trinajstić information content (AvgIpc) is 3.03. The van der Waals surface area contributed by atoms with Crippen molar-refractivity contribution in [3.8, 4) is 6.07 Å². The number of anilines is 2. The van der Waals surface area contributed by atoms with Gasteiger partial charge >= 0.3 is 0 Å². The van der Waals surface area contributed by atoms with Gasteiger partial charge in [-0.2, -0.15) is 5.26 Å². The Labute approximate surface area is 153 Å². The van der Waals surface area contributed by atoms with E-state index in [1.165, 1.54) is 0 Å². The van der Waals surface area contributed by atoms with Gasteiger partial charge in [0.25, 0.3) is 0 Å². The van der Waals surface area contributed by atoms with Crippen molar-refractivity contribution >= 4 is 23.2 Å². The van der Waals surface area contributed by atoms with Crippen LogP contribution >= 0.6 is 0 Å². The van der Waals surface area contributed by atoms with Gasteiger partial charge < -0.3 is 10.2 Å². The zero-order valence-electron chi connectivity index (χ0n) is 14.9. The van der Waals surface area contributed by atoms with Crippen molar-refractivity contribution in [2.24, 2.45) is 5.92 Å². The van der Waals surface area contributed by atoms with Gasteiger partial charge in [0.15, 0.2) is 0 Å². The molecular weight excluding hydrogens is 326 g/mol. The van der Waals surface area contributed by atoms with Crippen molar-refractivity contribution in [1.82, 2.24) is 0 Å². The topological polar surface area (TPSA) is 73.2 Å². The first kappa shape index (κ1) is 17.7. The number of carbonyl (C=O) groups excluding carboxylic acids is 2. The number of nitrogens with zero attached hydrogens (tertiary/aromatic N) is 2. The first-order valence-corrected chi connectivity index (χ1v) is 8.70. The summed E-state index contributed by atoms with van der Waals surface area (Å²) in [6, 6.07) is 16.6. The van der Waals surface area contributed by atoms with Crippen LogP contribution in [0.2, 0.25) is 0 Å². The minimum atomic E-state index is -0.409. The fourth-order valence-corrected chi connectivity index (χ4v) is 3.25. The normalized spacial score (nSPS) is 16.6. The monoisotopic (exact) mass is 347 g/mol. The lowest BCUT2D eigenvalue weighted by atomic mass is 10.0. The minimum Gasteiger partial charge on any atom is -0.326 e. The minimum absolute atomic E-state index is 0.0379. The maximum Gasteiger partial charge on any atom is 0.229 e. The molecule has 26 heavy (non-hydrogen) atoms. The van der Waals surface area contributed by atoms with E-state index in [0.717, 1.165) is 11.3 Å². The van der Waals surface area contributed by atoms with Gasteiger partial charge in [-0.1, -0.05) is 38.1 Å². The summed E-state index contributed by atoms with van der Waals surface area (Å²) < 4.78 is 0. The zero-order valence-corrected chi connectivity index (χ0v) is 14.9. The highest BCUT2D eigenvalue weighted by atomic mass is 16.2. The fraction of sp³-hybridized carbons (Fsp3) is 0.286. The van der Waals surface area contributed by atoms with E-state index in [4.69, 9.17) is 5.26 Å². The van der Waals surface area contributed by atoms with Crippen molar-refractivity contribution in [2.45, 2.75) is 26.2 Å². The molecule has 5 heteroatoms. The molecule has 1 fully saturated rings. The van der Waals surface area contributed by atoms with E-state index in [9.17, 15) is 9.59 Å². The summed E-state index contributed by atoms with van der Waals surface area (Å²) in [7, 11) is 0. The molecule has 1 aliphatic heterocycles. The molecule has 0 aliphatic carbocycles. The number of nitrogens with one attached hydrogen (secondary N) is 1. The summed E-state index contributed by atoms with van der Waals surface area (Å²) >= 11 is 0. The number of para-hydroxylation sites is 1. The quantitative estimate of drug-likeness (QED) is 0.917. The van der Waals surface area contributed by atoms with Crippen molar-refractivity contribution < 1.29 is 9.59 Å². The molecule has 2 amide bonds. The Morgan fingerprint density at radius 1 is 1.23 bits per heavy atom. The summed E-state index contributed by atoms with van der Waals surface area (Å²) in [6.45, 7) is 4.55. The van der Waals surface area contributed by atoms with Gasteiger partial charge in [-0.3, -0.25) is 9.59 Å². The van der Waals surface area contributed by atoms with Crippen molar-refractivity contribution in [2.75, 3.05) is 16.8 Å². The van der Waals surface area contributed by atoms with Gasteiger partial charge in [0.2, 0.25) is 11.8 Å². The van der Waals surface area contributed by atoms with Crippen molar-refractivity contribution in [1.29, 1.82) is 5.26 Å². The molecule has 1 N–H and O–H groups in total. The number of rotatable bonds is 4. The Balaban J connectivity index is 1.75. The summed E-state index contributed by atoms with van der Waals surface area (Å²) in [5.41, 5.74) is 3.04. The molecule has 1 unspecified atom stereocenters. The smallest absolute Gasteiger partial charge is 0.229 e. The third-order valence-corrected chi connectivity index (χ3v) is 4.60. The molecule has 1 aliphatic rings. The zero-order chi connectivity index (χ0) is 18.7. The van der Waals surface area contributed by atoms with Crippen LogP contribution < -0.4 is 10.2 Å². The van der Waals surface area contributed by atoms with E-state index in [-0.39, 0.29) is 18.2 Å². The molecular formula is C21H21N3O2. The van der Waals surface area contributed by atoms with Gasteiger partial charge in [-0.05, 0) is 35.7 Å². The maximum atomic E-state index is 12.6. The van der Waals surface area contributed by atoms with E-state index >= 15 is 0 Å². The van der Waals surface area contributed by atoms with Crippen LogP contribution in [0.4, 0.5) is 11.4 Å². The Morgan fingerprint density at radius 2 is 2.00 bits per heavy atom. The van der Waals surface area contributed by atoms with Crippen LogP contribution in [-0.2, 0) is 9.59 Å². The van der Waals surface area contributed by atoms with Crippen LogP contribution in [0, 0.1) is 17.2 Å². The number of carbonyl (C=O) groups is 2. The molecule has 3 rings (SSSR count). The van der Waals surface area contributed by atoms with Crippen molar-refractivity contribution in [3.05, 3.63) is 59.7 Å². The summed E-state index contributed by atoms with van der Waals surface area (Å²) in [5.74, 6) is -0.351. The second-order valence-electron chi connectivity index (χ2n) is 6.80. The van der Waals surface area contributed by atoms with E-state index in [1.807, 2.05) is 30.3 Å². The predicted molar refractivity (Wildman–Crippen MR) is 101 cm³/mol. The number of nitriles is 1. The van der Waals surface area contributed by atoms with Crippen LogP contribution in [0.15, 0.2) is 48.5 Å². The third-order valence-electron chi connectivity index (χ3n) is 4.60. The third kappa shape index (κ3) is 3.60. The molecule has 0 aromatic heterocycles. The molecule has 2 aromatic carbocycles. The average molecular weight is 347 g/mol. The SMILES string of the molecule is CC(C)c1ccccc1N1CC(C(=O)Nc2cccc(C#N)c2)CC1=O. The molecule has 5 nitrogen and oxygen atoms in total. The van der Waals surface area contributed by atoms with E-state index in [2.05, 4.69) is 19.2 Å². The van der Waals surface area contributed by atoms with E-state index < -0.39 is 5.92 Å².